The molecule has 0 amide bonds. The summed E-state index contributed by atoms with van der Waals surface area (Å²) in [4.78, 5) is 5.61. The van der Waals surface area contributed by atoms with Crippen LogP contribution < -0.4 is 0 Å². The van der Waals surface area contributed by atoms with E-state index < -0.39 is 18.2 Å². The van der Waals surface area contributed by atoms with Crippen LogP contribution in [0.1, 0.15) is 0 Å². The van der Waals surface area contributed by atoms with E-state index in [-0.39, 0.29) is 0 Å². The van der Waals surface area contributed by atoms with Crippen molar-refractivity contribution in [3.63, 3.8) is 0 Å². The molecule has 0 spiro atoms. The first-order chi connectivity index (χ1) is 4.23. The van der Waals surface area contributed by atoms with E-state index in [2.05, 4.69) is 9.73 Å². The van der Waals surface area contributed by atoms with Crippen LogP contribution in [0, 0.1) is 4.86 Å². The number of hydrogen-bond donors (Lipinski definition) is 0. The Labute approximate surface area is 89.3 Å². The molecule has 0 aromatic rings. The fraction of sp³-hybridized carbons (Fsp3) is 0. The Morgan fingerprint density at radius 3 is 2.11 bits per heavy atom. The van der Waals surface area contributed by atoms with Crippen molar-refractivity contribution < 1.29 is 18.2 Å². The third-order valence-corrected chi connectivity index (χ3v) is 20.2. The quantitative estimate of drug-likeness (QED) is 0.384. The molecule has 0 N–H and O–H groups in total. The van der Waals surface area contributed by atoms with Gasteiger partial charge in [0.15, 0.2) is 0 Å². The fourth-order valence-electron chi connectivity index (χ4n) is 0.144. The number of halogens is 3. The van der Waals surface area contributed by atoms with E-state index in [1.807, 2.05) is 0 Å². The number of rotatable bonds is 0. The average Bonchev–Trinajstić information content (AvgIpc) is 2.11. The van der Waals surface area contributed by atoms with Crippen molar-refractivity contribution >= 4 is 63.4 Å². The van der Waals surface area contributed by atoms with E-state index in [0.29, 0.717) is 26.8 Å². The van der Waals surface area contributed by atoms with Gasteiger partial charge in [0, 0.05) is 0 Å². The van der Waals surface area contributed by atoms with Crippen LogP contribution >= 0.6 is 25.5 Å². The molecular weight excluding hydrogens is 446 g/mol. The maximum absolute atomic E-state index is 5.00. The van der Waals surface area contributed by atoms with E-state index in [1.54, 1.807) is 0 Å². The summed E-state index contributed by atoms with van der Waals surface area (Å²) in [5, 5.41) is 0. The molecule has 0 aromatic carbocycles. The summed E-state index contributed by atoms with van der Waals surface area (Å²) >= 11 is 0.0157. The number of hydrogen-bond acceptors (Lipinski definition) is 0. The van der Waals surface area contributed by atoms with E-state index in [0.717, 1.165) is 11.1 Å². The first-order valence-electron chi connectivity index (χ1n) is 1.79. The molecule has 1 rings (SSSR count). The minimum absolute atomic E-state index is 0.538. The Balaban J connectivity index is 0.000000148. The van der Waals surface area contributed by atoms with Crippen molar-refractivity contribution in [2.75, 3.05) is 0 Å². The molecule has 0 nitrogen and oxygen atoms in total. The zero-order chi connectivity index (χ0) is 7.11. The second kappa shape index (κ2) is 9.26. The van der Waals surface area contributed by atoms with Gasteiger partial charge in [0.1, 0.15) is 0 Å². The predicted molar refractivity (Wildman–Crippen MR) is 44.0 cm³/mol. The Morgan fingerprint density at radius 2 is 2.00 bits per heavy atom. The average molecular weight is 448 g/mol. The summed E-state index contributed by atoms with van der Waals surface area (Å²) in [6, 6.07) is 0. The Bertz CT molecular complexity index is 101. The van der Waals surface area contributed by atoms with Crippen molar-refractivity contribution in [2.45, 2.75) is 0 Å². The third-order valence-electron chi connectivity index (χ3n) is 0.295. The van der Waals surface area contributed by atoms with Gasteiger partial charge >= 0.3 is 91.3 Å². The summed E-state index contributed by atoms with van der Waals surface area (Å²) in [6.07, 6.45) is 0. The van der Waals surface area contributed by atoms with Gasteiger partial charge in [-0.15, -0.1) is 0 Å². The standard InChI is InChI=1S/C2H2As3.3ClH.Zr/c1-2-4-5-3-1;;;;/h1,3H;3*1H;/q-1;;;;+3/p-3. The normalized spacial score (nSPS) is 19.0. The van der Waals surface area contributed by atoms with Gasteiger partial charge in [-0.25, -0.2) is 0 Å². The van der Waals surface area contributed by atoms with Gasteiger partial charge in [0.25, 0.3) is 0 Å². The summed E-state index contributed by atoms with van der Waals surface area (Å²) in [6.45, 7) is 0. The van der Waals surface area contributed by atoms with Crippen molar-refractivity contribution in [1.82, 2.24) is 0 Å². The van der Waals surface area contributed by atoms with Crippen LogP contribution in [0.3, 0.4) is 0 Å². The summed E-state index contributed by atoms with van der Waals surface area (Å²) in [5.74, 6) is 0. The zero-order valence-corrected chi connectivity index (χ0v) is 14.7. The molecule has 0 bridgehead atoms. The molecule has 1 unspecified atom stereocenters. The molecule has 1 heterocycles. The van der Waals surface area contributed by atoms with Crippen LogP contribution in [0.5, 0.6) is 0 Å². The molecule has 0 saturated carbocycles. The molecule has 1 aliphatic heterocycles. The Hall–Kier alpha value is 3.17. The third kappa shape index (κ3) is 14.1. The van der Waals surface area contributed by atoms with E-state index in [9.17, 15) is 0 Å². The summed E-state index contributed by atoms with van der Waals surface area (Å²) in [5.41, 5.74) is 0. The fourth-order valence-corrected chi connectivity index (χ4v) is 20.3. The maximum atomic E-state index is 5.00. The molecule has 0 aromatic heterocycles. The van der Waals surface area contributed by atoms with Crippen molar-refractivity contribution in [3.8, 4) is 0 Å². The van der Waals surface area contributed by atoms with Crippen LogP contribution in [0.25, 0.3) is 0 Å². The van der Waals surface area contributed by atoms with E-state index in [4.69, 9.17) is 25.5 Å². The Morgan fingerprint density at radius 1 is 1.44 bits per heavy atom. The minimum atomic E-state index is -2.13. The predicted octanol–water partition coefficient (Wildman–Crippen LogP) is 1.02. The van der Waals surface area contributed by atoms with Crippen LogP contribution in [-0.4, -0.2) is 37.9 Å². The van der Waals surface area contributed by atoms with Gasteiger partial charge in [-0.3, -0.25) is 0 Å². The van der Waals surface area contributed by atoms with Gasteiger partial charge in [0.05, 0.1) is 0 Å². The van der Waals surface area contributed by atoms with Crippen LogP contribution in [0.2, 0.25) is 0 Å². The van der Waals surface area contributed by atoms with Gasteiger partial charge in [-0.2, -0.15) is 0 Å². The molecule has 0 fully saturated rings. The molecule has 1 aliphatic rings. The first kappa shape index (κ1) is 12.2. The van der Waals surface area contributed by atoms with Gasteiger partial charge in [-0.1, -0.05) is 0 Å². The van der Waals surface area contributed by atoms with Crippen LogP contribution in [0.15, 0.2) is 4.86 Å². The summed E-state index contributed by atoms with van der Waals surface area (Å²) in [7, 11) is 15.0. The second-order valence-electron chi connectivity index (χ2n) is 0.817. The van der Waals surface area contributed by atoms with Crippen molar-refractivity contribution in [2.24, 2.45) is 0 Å². The van der Waals surface area contributed by atoms with Crippen LogP contribution in [0.4, 0.5) is 0 Å². The van der Waals surface area contributed by atoms with Crippen molar-refractivity contribution in [3.05, 3.63) is 9.73 Å². The molecule has 0 radical (unpaired) electrons. The first-order valence-corrected chi connectivity index (χ1v) is 24.5. The molecular formula is C2H2As3Cl3Zr-. The molecule has 51 valence electrons. The van der Waals surface area contributed by atoms with Gasteiger partial charge in [-0.05, 0) is 0 Å². The van der Waals surface area contributed by atoms with Crippen LogP contribution in [-0.2, 0) is 18.2 Å². The van der Waals surface area contributed by atoms with Gasteiger partial charge < -0.3 is 0 Å². The van der Waals surface area contributed by atoms with Crippen molar-refractivity contribution in [1.29, 1.82) is 0 Å². The molecule has 7 heteroatoms. The summed E-state index contributed by atoms with van der Waals surface area (Å²) < 4.78 is 0. The zero-order valence-electron chi connectivity index (χ0n) is 4.11. The van der Waals surface area contributed by atoms with Gasteiger partial charge in [0.2, 0.25) is 0 Å². The monoisotopic (exact) mass is 446 g/mol. The molecule has 9 heavy (non-hydrogen) atoms. The second-order valence-corrected chi connectivity index (χ2v) is 33.0. The SMILES string of the molecule is [C-]1=C[AsH][As]=[As]1.[Cl][Zr]([Cl])[Cl]. The topological polar surface area (TPSA) is 0 Å². The Kier molecular flexibility index (Phi) is 12.5. The van der Waals surface area contributed by atoms with E-state index in [1.165, 1.54) is 0 Å². The molecule has 1 atom stereocenters. The molecule has 0 aliphatic carbocycles. The van der Waals surface area contributed by atoms with E-state index >= 15 is 0 Å². The molecule has 0 saturated heterocycles.